The summed E-state index contributed by atoms with van der Waals surface area (Å²) in [6.07, 6.45) is 2.77. The van der Waals surface area contributed by atoms with Crippen molar-refractivity contribution in [3.05, 3.63) is 57.3 Å². The van der Waals surface area contributed by atoms with Crippen LogP contribution in [0.2, 0.25) is 5.02 Å². The summed E-state index contributed by atoms with van der Waals surface area (Å²) >= 11 is 8.89. The van der Waals surface area contributed by atoms with Gasteiger partial charge < -0.3 is 15.8 Å². The fourth-order valence-electron chi connectivity index (χ4n) is 2.23. The molecule has 9 heteroatoms. The van der Waals surface area contributed by atoms with Gasteiger partial charge in [-0.25, -0.2) is 4.79 Å². The van der Waals surface area contributed by atoms with Gasteiger partial charge in [0.15, 0.2) is 6.61 Å². The van der Waals surface area contributed by atoms with Crippen LogP contribution in [0.4, 0.5) is 5.00 Å². The second kappa shape index (κ2) is 8.34. The van der Waals surface area contributed by atoms with Gasteiger partial charge in [-0.3, -0.25) is 9.59 Å². The molecule has 1 aromatic carbocycles. The van der Waals surface area contributed by atoms with Crippen molar-refractivity contribution in [1.29, 1.82) is 0 Å². The summed E-state index contributed by atoms with van der Waals surface area (Å²) in [6.45, 7) is -0.487. The van der Waals surface area contributed by atoms with Gasteiger partial charge in [-0.2, -0.15) is 0 Å². The van der Waals surface area contributed by atoms with Crippen LogP contribution < -0.4 is 11.1 Å². The van der Waals surface area contributed by atoms with Crippen LogP contribution in [0.5, 0.6) is 0 Å². The monoisotopic (exact) mass is 420 g/mol. The molecule has 0 saturated heterocycles. The summed E-state index contributed by atoms with van der Waals surface area (Å²) in [5, 5.41) is 5.90. The number of benzene rings is 1. The number of fused-ring (bicyclic) bond motifs is 1. The first-order valence-corrected chi connectivity index (χ1v) is 9.72. The lowest BCUT2D eigenvalue weighted by Crippen LogP contribution is -2.21. The summed E-state index contributed by atoms with van der Waals surface area (Å²) in [7, 11) is 0. The van der Waals surface area contributed by atoms with E-state index in [-0.39, 0.29) is 5.56 Å². The van der Waals surface area contributed by atoms with E-state index < -0.39 is 24.4 Å². The van der Waals surface area contributed by atoms with Crippen molar-refractivity contribution in [2.75, 3.05) is 11.9 Å². The summed E-state index contributed by atoms with van der Waals surface area (Å²) in [5.41, 5.74) is 5.41. The number of carbonyl (C=O) groups is 3. The zero-order valence-electron chi connectivity index (χ0n) is 13.7. The summed E-state index contributed by atoms with van der Waals surface area (Å²) in [5.74, 6) is -1.90. The second-order valence-electron chi connectivity index (χ2n) is 5.29. The van der Waals surface area contributed by atoms with Gasteiger partial charge in [-0.05, 0) is 23.6 Å². The van der Waals surface area contributed by atoms with E-state index >= 15 is 0 Å². The van der Waals surface area contributed by atoms with Crippen molar-refractivity contribution in [3.63, 3.8) is 0 Å². The van der Waals surface area contributed by atoms with E-state index in [0.717, 1.165) is 26.3 Å². The molecular formula is C18H13ClN2O4S2. The Morgan fingerprint density at radius 3 is 2.74 bits per heavy atom. The lowest BCUT2D eigenvalue weighted by Gasteiger charge is -2.04. The minimum absolute atomic E-state index is 0.207. The molecule has 0 bridgehead atoms. The maximum Gasteiger partial charge on any atom is 0.331 e. The highest BCUT2D eigenvalue weighted by molar-refractivity contribution is 7.20. The van der Waals surface area contributed by atoms with Crippen molar-refractivity contribution in [3.8, 4) is 0 Å². The highest BCUT2D eigenvalue weighted by atomic mass is 35.5. The Morgan fingerprint density at radius 1 is 1.22 bits per heavy atom. The molecule has 6 nitrogen and oxygen atoms in total. The number of halogens is 1. The number of hydrogen-bond acceptors (Lipinski definition) is 6. The van der Waals surface area contributed by atoms with E-state index in [0.29, 0.717) is 10.0 Å². The fraction of sp³-hybridized carbons (Fsp3) is 0.0556. The quantitative estimate of drug-likeness (QED) is 0.466. The van der Waals surface area contributed by atoms with Crippen molar-refractivity contribution in [2.45, 2.75) is 0 Å². The molecule has 2 aromatic heterocycles. The number of carbonyl (C=O) groups excluding carboxylic acids is 3. The van der Waals surface area contributed by atoms with Crippen LogP contribution in [0.15, 0.2) is 41.8 Å². The first-order chi connectivity index (χ1) is 13.0. The van der Waals surface area contributed by atoms with E-state index in [1.807, 2.05) is 24.3 Å². The molecule has 3 rings (SSSR count). The average molecular weight is 421 g/mol. The van der Waals surface area contributed by atoms with E-state index in [2.05, 4.69) is 5.32 Å². The minimum atomic E-state index is -0.681. The molecule has 0 unspecified atom stereocenters. The molecule has 0 atom stereocenters. The Kier molecular flexibility index (Phi) is 5.90. The van der Waals surface area contributed by atoms with Crippen molar-refractivity contribution in [2.24, 2.45) is 5.73 Å². The smallest absolute Gasteiger partial charge is 0.331 e. The summed E-state index contributed by atoms with van der Waals surface area (Å²) in [6, 6.07) is 9.15. The SMILES string of the molecule is NC(=O)c1ccsc1NC(=O)COC(=O)/C=C/c1sc2ccccc2c1Cl. The predicted octanol–water partition coefficient (Wildman–Crippen LogP) is 3.91. The lowest BCUT2D eigenvalue weighted by molar-refractivity contribution is -0.142. The predicted molar refractivity (Wildman–Crippen MR) is 108 cm³/mol. The fourth-order valence-corrected chi connectivity index (χ4v) is 4.44. The lowest BCUT2D eigenvalue weighted by atomic mass is 10.2. The van der Waals surface area contributed by atoms with Gasteiger partial charge in [0, 0.05) is 21.0 Å². The van der Waals surface area contributed by atoms with Gasteiger partial charge in [0.1, 0.15) is 5.00 Å². The molecule has 3 aromatic rings. The van der Waals surface area contributed by atoms with Crippen LogP contribution >= 0.6 is 34.3 Å². The Bertz CT molecular complexity index is 1050. The van der Waals surface area contributed by atoms with Gasteiger partial charge in [-0.15, -0.1) is 22.7 Å². The van der Waals surface area contributed by atoms with Crippen LogP contribution in [-0.4, -0.2) is 24.4 Å². The van der Waals surface area contributed by atoms with Gasteiger partial charge in [0.05, 0.1) is 10.6 Å². The molecule has 0 saturated carbocycles. The number of thiophene rings is 2. The Labute approximate surface area is 167 Å². The van der Waals surface area contributed by atoms with E-state index in [9.17, 15) is 14.4 Å². The molecule has 0 radical (unpaired) electrons. The van der Waals surface area contributed by atoms with Crippen LogP contribution in [-0.2, 0) is 14.3 Å². The number of esters is 1. The first kappa shape index (κ1) is 19.1. The molecule has 0 aliphatic heterocycles. The van der Waals surface area contributed by atoms with Gasteiger partial charge >= 0.3 is 5.97 Å². The third-order valence-electron chi connectivity index (χ3n) is 3.46. The van der Waals surface area contributed by atoms with Crippen LogP contribution in [0.1, 0.15) is 15.2 Å². The number of primary amides is 1. The number of nitrogens with one attached hydrogen (secondary N) is 1. The van der Waals surface area contributed by atoms with E-state index in [4.69, 9.17) is 22.1 Å². The number of anilines is 1. The number of hydrogen-bond donors (Lipinski definition) is 2. The summed E-state index contributed by atoms with van der Waals surface area (Å²) in [4.78, 5) is 35.6. The Morgan fingerprint density at radius 2 is 2.00 bits per heavy atom. The molecule has 0 fully saturated rings. The standard InChI is InChI=1S/C18H13ClN2O4S2/c19-16-10-3-1-2-4-12(10)27-13(16)5-6-15(23)25-9-14(22)21-18-11(17(20)24)7-8-26-18/h1-8H,9H2,(H2,20,24)(H,21,22)/b6-5+. The van der Waals surface area contributed by atoms with Crippen LogP contribution in [0.25, 0.3) is 16.2 Å². The normalized spacial score (nSPS) is 11.0. The zero-order valence-corrected chi connectivity index (χ0v) is 16.1. The molecule has 0 aliphatic rings. The molecule has 3 N–H and O–H groups in total. The molecule has 27 heavy (non-hydrogen) atoms. The largest absolute Gasteiger partial charge is 0.452 e. The molecule has 138 valence electrons. The third kappa shape index (κ3) is 4.54. The zero-order chi connectivity index (χ0) is 19.4. The molecule has 0 aliphatic carbocycles. The highest BCUT2D eigenvalue weighted by Gasteiger charge is 2.13. The third-order valence-corrected chi connectivity index (χ3v) is 5.94. The van der Waals surface area contributed by atoms with Gasteiger partial charge in [0.25, 0.3) is 11.8 Å². The molecular weight excluding hydrogens is 408 g/mol. The van der Waals surface area contributed by atoms with Gasteiger partial charge in [0.2, 0.25) is 0 Å². The number of nitrogens with two attached hydrogens (primary N) is 1. The number of ether oxygens (including phenoxy) is 1. The Hall–Kier alpha value is -2.68. The molecule has 2 amide bonds. The first-order valence-electron chi connectivity index (χ1n) is 7.64. The number of rotatable bonds is 6. The second-order valence-corrected chi connectivity index (χ2v) is 7.67. The highest BCUT2D eigenvalue weighted by Crippen LogP contribution is 2.35. The Balaban J connectivity index is 1.56. The van der Waals surface area contributed by atoms with Crippen LogP contribution in [0.3, 0.4) is 0 Å². The maximum atomic E-state index is 11.9. The number of amides is 2. The van der Waals surface area contributed by atoms with Crippen molar-refractivity contribution >= 4 is 73.2 Å². The minimum Gasteiger partial charge on any atom is -0.452 e. The van der Waals surface area contributed by atoms with E-state index in [1.54, 1.807) is 11.5 Å². The average Bonchev–Trinajstić information content (AvgIpc) is 3.23. The maximum absolute atomic E-state index is 11.9. The van der Waals surface area contributed by atoms with Crippen LogP contribution in [0, 0.1) is 0 Å². The van der Waals surface area contributed by atoms with Gasteiger partial charge in [-0.1, -0.05) is 29.8 Å². The summed E-state index contributed by atoms with van der Waals surface area (Å²) < 4.78 is 5.91. The topological polar surface area (TPSA) is 98.5 Å². The van der Waals surface area contributed by atoms with Crippen molar-refractivity contribution < 1.29 is 19.1 Å². The van der Waals surface area contributed by atoms with Crippen molar-refractivity contribution in [1.82, 2.24) is 0 Å². The molecule has 0 spiro atoms. The molecule has 2 heterocycles. The van der Waals surface area contributed by atoms with E-state index in [1.165, 1.54) is 23.5 Å².